The van der Waals surface area contributed by atoms with Crippen LogP contribution in [0.1, 0.15) is 43.7 Å². The van der Waals surface area contributed by atoms with Crippen LogP contribution in [0.4, 0.5) is 4.39 Å². The van der Waals surface area contributed by atoms with Crippen molar-refractivity contribution < 1.29 is 14.2 Å². The van der Waals surface area contributed by atoms with Gasteiger partial charge in [-0.15, -0.1) is 0 Å². The fraction of sp³-hybridized carbons (Fsp3) is 0.450. The first-order valence-corrected chi connectivity index (χ1v) is 8.88. The van der Waals surface area contributed by atoms with Crippen LogP contribution >= 0.6 is 0 Å². The molecule has 0 atom stereocenters. The topological polar surface area (TPSA) is 54.4 Å². The highest BCUT2D eigenvalue weighted by molar-refractivity contribution is 5.29. The van der Waals surface area contributed by atoms with E-state index in [1.165, 1.54) is 6.07 Å². The number of aliphatic hydroxyl groups is 1. The standard InChI is InChI=1S/C20H25FN2O2/c1-2-25-19-6-5-15(12-18(19)21)13-23-17-7-9-20(24,10-8-17)16-4-3-11-22-14-16/h3-6,11-12,14,17,23-24H,2,7-10,13H2,1H3. The van der Waals surface area contributed by atoms with Crippen LogP contribution < -0.4 is 10.1 Å². The molecule has 0 bridgehead atoms. The zero-order chi connectivity index (χ0) is 17.7. The van der Waals surface area contributed by atoms with E-state index in [1.54, 1.807) is 18.5 Å². The molecule has 0 saturated heterocycles. The summed E-state index contributed by atoms with van der Waals surface area (Å²) in [5.74, 6) is -0.0267. The molecule has 1 heterocycles. The molecule has 0 radical (unpaired) electrons. The van der Waals surface area contributed by atoms with E-state index in [2.05, 4.69) is 10.3 Å². The van der Waals surface area contributed by atoms with Crippen molar-refractivity contribution in [3.8, 4) is 5.75 Å². The molecule has 0 unspecified atom stereocenters. The monoisotopic (exact) mass is 344 g/mol. The molecule has 1 aliphatic carbocycles. The van der Waals surface area contributed by atoms with Crippen molar-refractivity contribution in [3.63, 3.8) is 0 Å². The molecule has 1 saturated carbocycles. The van der Waals surface area contributed by atoms with E-state index < -0.39 is 5.60 Å². The van der Waals surface area contributed by atoms with Gasteiger partial charge in [0.1, 0.15) is 0 Å². The summed E-state index contributed by atoms with van der Waals surface area (Å²) in [7, 11) is 0. The van der Waals surface area contributed by atoms with Gasteiger partial charge in [-0.1, -0.05) is 12.1 Å². The zero-order valence-electron chi connectivity index (χ0n) is 14.5. The van der Waals surface area contributed by atoms with E-state index in [-0.39, 0.29) is 5.82 Å². The van der Waals surface area contributed by atoms with Crippen LogP contribution in [0.5, 0.6) is 5.75 Å². The first kappa shape index (κ1) is 17.8. The average molecular weight is 344 g/mol. The molecule has 25 heavy (non-hydrogen) atoms. The first-order chi connectivity index (χ1) is 12.1. The van der Waals surface area contributed by atoms with Gasteiger partial charge in [-0.05, 0) is 56.4 Å². The van der Waals surface area contributed by atoms with Crippen molar-refractivity contribution in [2.75, 3.05) is 6.61 Å². The van der Waals surface area contributed by atoms with Gasteiger partial charge in [0.05, 0.1) is 12.2 Å². The number of nitrogens with one attached hydrogen (secondary N) is 1. The summed E-state index contributed by atoms with van der Waals surface area (Å²) in [6.45, 7) is 2.90. The molecule has 1 aliphatic rings. The Kier molecular flexibility index (Phi) is 5.66. The summed E-state index contributed by atoms with van der Waals surface area (Å²) in [5, 5.41) is 14.3. The molecular formula is C20H25FN2O2. The summed E-state index contributed by atoms with van der Waals surface area (Å²) in [6.07, 6.45) is 6.63. The van der Waals surface area contributed by atoms with E-state index in [9.17, 15) is 9.50 Å². The van der Waals surface area contributed by atoms with Crippen LogP contribution in [0.2, 0.25) is 0 Å². The second kappa shape index (κ2) is 7.93. The van der Waals surface area contributed by atoms with Gasteiger partial charge in [0.25, 0.3) is 0 Å². The van der Waals surface area contributed by atoms with Crippen LogP contribution in [0.3, 0.4) is 0 Å². The third-order valence-corrected chi connectivity index (χ3v) is 4.90. The maximum atomic E-state index is 13.9. The van der Waals surface area contributed by atoms with Crippen molar-refractivity contribution in [2.45, 2.75) is 50.8 Å². The van der Waals surface area contributed by atoms with Gasteiger partial charge in [0, 0.05) is 30.5 Å². The molecule has 3 rings (SSSR count). The SMILES string of the molecule is CCOc1ccc(CNC2CCC(O)(c3cccnc3)CC2)cc1F. The molecule has 134 valence electrons. The maximum Gasteiger partial charge on any atom is 0.165 e. The lowest BCUT2D eigenvalue weighted by Crippen LogP contribution is -2.39. The number of pyridine rings is 1. The minimum atomic E-state index is -0.780. The third-order valence-electron chi connectivity index (χ3n) is 4.90. The summed E-state index contributed by atoms with van der Waals surface area (Å²) in [6, 6.07) is 9.20. The van der Waals surface area contributed by atoms with Gasteiger partial charge >= 0.3 is 0 Å². The highest BCUT2D eigenvalue weighted by atomic mass is 19.1. The van der Waals surface area contributed by atoms with E-state index in [4.69, 9.17) is 4.74 Å². The Bertz CT molecular complexity index is 685. The summed E-state index contributed by atoms with van der Waals surface area (Å²) < 4.78 is 19.1. The first-order valence-electron chi connectivity index (χ1n) is 8.88. The van der Waals surface area contributed by atoms with E-state index in [1.807, 2.05) is 25.1 Å². The Hall–Kier alpha value is -1.98. The van der Waals surface area contributed by atoms with E-state index >= 15 is 0 Å². The second-order valence-corrected chi connectivity index (χ2v) is 6.63. The van der Waals surface area contributed by atoms with Gasteiger partial charge in [0.15, 0.2) is 11.6 Å². The van der Waals surface area contributed by atoms with Crippen molar-refractivity contribution >= 4 is 0 Å². The fourth-order valence-corrected chi connectivity index (χ4v) is 3.42. The van der Waals surface area contributed by atoms with Crippen LogP contribution in [-0.2, 0) is 12.1 Å². The van der Waals surface area contributed by atoms with Crippen molar-refractivity contribution in [1.29, 1.82) is 0 Å². The molecular weight excluding hydrogens is 319 g/mol. The van der Waals surface area contributed by atoms with Crippen molar-refractivity contribution in [3.05, 3.63) is 59.7 Å². The van der Waals surface area contributed by atoms with Crippen LogP contribution in [0.15, 0.2) is 42.7 Å². The molecule has 0 spiro atoms. The molecule has 1 aromatic carbocycles. The number of nitrogens with zero attached hydrogens (tertiary/aromatic N) is 1. The number of aromatic nitrogens is 1. The molecule has 5 heteroatoms. The summed E-state index contributed by atoms with van der Waals surface area (Å²) >= 11 is 0. The van der Waals surface area contributed by atoms with Gasteiger partial charge < -0.3 is 15.2 Å². The molecule has 2 aromatic rings. The van der Waals surface area contributed by atoms with Gasteiger partial charge in [-0.2, -0.15) is 0 Å². The Morgan fingerprint density at radius 2 is 2.12 bits per heavy atom. The number of benzene rings is 1. The minimum absolute atomic E-state index is 0.297. The predicted molar refractivity (Wildman–Crippen MR) is 94.8 cm³/mol. The van der Waals surface area contributed by atoms with E-state index in [0.717, 1.165) is 24.0 Å². The van der Waals surface area contributed by atoms with E-state index in [0.29, 0.717) is 37.8 Å². The fourth-order valence-electron chi connectivity index (χ4n) is 3.42. The number of hydrogen-bond donors (Lipinski definition) is 2. The minimum Gasteiger partial charge on any atom is -0.491 e. The van der Waals surface area contributed by atoms with Crippen LogP contribution in [-0.4, -0.2) is 22.7 Å². The highest BCUT2D eigenvalue weighted by Crippen LogP contribution is 2.36. The number of halogens is 1. The zero-order valence-corrected chi connectivity index (χ0v) is 14.5. The third kappa shape index (κ3) is 4.35. The Morgan fingerprint density at radius 3 is 2.76 bits per heavy atom. The lowest BCUT2D eigenvalue weighted by molar-refractivity contribution is -0.00875. The highest BCUT2D eigenvalue weighted by Gasteiger charge is 2.34. The van der Waals surface area contributed by atoms with Gasteiger partial charge in [0.2, 0.25) is 0 Å². The lowest BCUT2D eigenvalue weighted by Gasteiger charge is -2.36. The van der Waals surface area contributed by atoms with Crippen LogP contribution in [0, 0.1) is 5.82 Å². The van der Waals surface area contributed by atoms with Gasteiger partial charge in [-0.3, -0.25) is 4.98 Å². The molecule has 0 amide bonds. The van der Waals surface area contributed by atoms with Crippen molar-refractivity contribution in [1.82, 2.24) is 10.3 Å². The molecule has 4 nitrogen and oxygen atoms in total. The average Bonchev–Trinajstić information content (AvgIpc) is 2.64. The molecule has 1 aromatic heterocycles. The summed E-state index contributed by atoms with van der Waals surface area (Å²) in [5.41, 5.74) is 1.01. The summed E-state index contributed by atoms with van der Waals surface area (Å²) in [4.78, 5) is 4.11. The quantitative estimate of drug-likeness (QED) is 0.842. The van der Waals surface area contributed by atoms with Crippen LogP contribution in [0.25, 0.3) is 0 Å². The van der Waals surface area contributed by atoms with Crippen molar-refractivity contribution in [2.24, 2.45) is 0 Å². The lowest BCUT2D eigenvalue weighted by atomic mass is 9.78. The Morgan fingerprint density at radius 1 is 1.32 bits per heavy atom. The predicted octanol–water partition coefficient (Wildman–Crippen LogP) is 3.54. The number of hydrogen-bond acceptors (Lipinski definition) is 4. The second-order valence-electron chi connectivity index (χ2n) is 6.63. The number of rotatable bonds is 6. The Balaban J connectivity index is 1.52. The Labute approximate surface area is 148 Å². The maximum absolute atomic E-state index is 13.9. The molecule has 1 fully saturated rings. The van der Waals surface area contributed by atoms with Gasteiger partial charge in [-0.25, -0.2) is 4.39 Å². The molecule has 2 N–H and O–H groups in total. The smallest absolute Gasteiger partial charge is 0.165 e. The molecule has 0 aliphatic heterocycles. The largest absolute Gasteiger partial charge is 0.491 e. The normalized spacial score (nSPS) is 23.4. The number of ether oxygens (including phenoxy) is 1.